The molecule has 11 N–H and O–H groups in total. The van der Waals surface area contributed by atoms with E-state index >= 15 is 0 Å². The number of aromatic nitrogens is 8. The van der Waals surface area contributed by atoms with Crippen LogP contribution in [0.5, 0.6) is 0 Å². The maximum absolute atomic E-state index is 14.1. The molecule has 2 aromatic heterocycles. The number of amides is 6. The minimum atomic E-state index is -1.04. The van der Waals surface area contributed by atoms with E-state index in [2.05, 4.69) is 78.4 Å². The predicted molar refractivity (Wildman–Crippen MR) is 324 cm³/mol. The fraction of sp³-hybridized carbons (Fsp3) is 0.377. The molecular formula is C61H72BrN15O8. The number of H-pyrrole nitrogens is 2. The molecule has 23 nitrogen and oxygen atoms in total. The number of rotatable bonds is 19. The van der Waals surface area contributed by atoms with Gasteiger partial charge in [0.1, 0.15) is 17.7 Å². The molecule has 0 spiro atoms. The van der Waals surface area contributed by atoms with Gasteiger partial charge in [-0.15, -0.1) is 10.2 Å². The number of carboxylic acid groups (broad SMARTS) is 1. The van der Waals surface area contributed by atoms with Gasteiger partial charge >= 0.3 is 12.2 Å². The zero-order valence-corrected chi connectivity index (χ0v) is 49.5. The molecule has 0 radical (unpaired) electrons. The van der Waals surface area contributed by atoms with E-state index in [1.807, 2.05) is 94.4 Å². The van der Waals surface area contributed by atoms with Crippen molar-refractivity contribution in [2.75, 3.05) is 29.0 Å². The first kappa shape index (κ1) is 62.0. The number of nitrogens with zero attached hydrogens (tertiary/aromatic N) is 7. The molecule has 446 valence electrons. The van der Waals surface area contributed by atoms with Gasteiger partial charge in [-0.05, 0) is 212 Å². The van der Waals surface area contributed by atoms with Crippen LogP contribution in [0.15, 0.2) is 120 Å². The predicted octanol–water partition coefficient (Wildman–Crippen LogP) is 8.55. The standard InChI is InChI=1S/C32H36N8O4.C29H36BrN7O4/c1-19-5-12-25(33)17-27(19)24-4-2-3-21(15-24)16-28(36-30(41)23-8-6-20(7-9-23)18-34-32(43)44)31(42)35-26-13-10-22(11-14-26)29-37-39-40-38-29;1-29(2,3)41-28(40)32-17-18-7-9-21(10-8-18)27(39)37(23-13-11-20(12-14-23)26-33-35-36-34-26)24(25(31)38)16-19-5-4-6-22(30)15-19/h2-5,10-15,17,20,23,28,34H,6-9,16,18,33H2,1H3,(H,35,42)(H,36,41)(H,43,44)(H,37,38,39,40);4-6,11-15,18,21,24H,7-10,16-17H2,1-3H3,(H2,31,38)(H,32,40)(H,33,34,35,36)/t20-,23-,28-;18-,21-,24-/m00/s1. The summed E-state index contributed by atoms with van der Waals surface area (Å²) in [6, 6.07) is 33.8. The van der Waals surface area contributed by atoms with Crippen LogP contribution in [0.1, 0.15) is 88.8 Å². The van der Waals surface area contributed by atoms with Crippen molar-refractivity contribution < 1.29 is 38.6 Å². The molecule has 0 unspecified atom stereocenters. The molecule has 2 atom stereocenters. The molecule has 0 aliphatic heterocycles. The largest absolute Gasteiger partial charge is 0.465 e. The number of tetrazole rings is 2. The molecule has 0 saturated heterocycles. The number of nitrogens with two attached hydrogens (primary N) is 2. The number of alkyl carbamates (subject to hydrolysis) is 1. The number of carbonyl (C=O) groups excluding carboxylic acids is 5. The minimum absolute atomic E-state index is 0.142. The number of halogens is 1. The van der Waals surface area contributed by atoms with Gasteiger partial charge in [0.2, 0.25) is 23.6 Å². The number of ether oxygens (including phenoxy) is 1. The third kappa shape index (κ3) is 18.0. The Labute approximate surface area is 500 Å². The van der Waals surface area contributed by atoms with E-state index in [9.17, 15) is 28.8 Å². The highest BCUT2D eigenvalue weighted by atomic mass is 79.9. The first-order chi connectivity index (χ1) is 40.7. The third-order valence-electron chi connectivity index (χ3n) is 15.2. The molecule has 2 heterocycles. The van der Waals surface area contributed by atoms with Crippen LogP contribution in [0, 0.1) is 30.6 Å². The maximum atomic E-state index is 14.1. The monoisotopic (exact) mass is 1220 g/mol. The fourth-order valence-corrected chi connectivity index (χ4v) is 11.2. The Balaban J connectivity index is 0.000000222. The van der Waals surface area contributed by atoms with Crippen LogP contribution in [-0.4, -0.2) is 113 Å². The van der Waals surface area contributed by atoms with Crippen molar-refractivity contribution in [3.05, 3.63) is 136 Å². The Morgan fingerprint density at radius 2 is 1.28 bits per heavy atom. The molecule has 2 fully saturated rings. The van der Waals surface area contributed by atoms with E-state index in [1.54, 1.807) is 53.4 Å². The molecule has 2 aliphatic rings. The van der Waals surface area contributed by atoms with Gasteiger partial charge in [-0.2, -0.15) is 0 Å². The average molecular weight is 1220 g/mol. The second-order valence-electron chi connectivity index (χ2n) is 22.6. The van der Waals surface area contributed by atoms with E-state index in [4.69, 9.17) is 21.3 Å². The second kappa shape index (κ2) is 29.0. The summed E-state index contributed by atoms with van der Waals surface area (Å²) in [6.07, 6.45) is 4.63. The van der Waals surface area contributed by atoms with E-state index in [0.717, 1.165) is 69.1 Å². The number of primary amides is 1. The number of nitrogens with one attached hydrogen (secondary N) is 6. The summed E-state index contributed by atoms with van der Waals surface area (Å²) in [5, 5.41) is 47.8. The van der Waals surface area contributed by atoms with E-state index < -0.39 is 35.8 Å². The maximum Gasteiger partial charge on any atom is 0.407 e. The molecule has 24 heteroatoms. The Kier molecular flexibility index (Phi) is 21.1. The SMILES string of the molecule is CC(C)(C)OC(=O)NC[C@H]1CC[C@H](C(=O)N(c2ccc(-c3nnn[nH]3)cc2)[C@@H](Cc2cccc(Br)c2)C(N)=O)CC1.Cc1ccc(N)cc1-c1cccc(C[C@H](NC(=O)[C@H]2CC[C@H](CNC(=O)O)CC2)C(=O)Nc2ccc(-c3nnn[nH]3)cc2)c1. The number of aromatic amines is 2. The van der Waals surface area contributed by atoms with Gasteiger partial charge in [0.05, 0.1) is 0 Å². The zero-order valence-electron chi connectivity index (χ0n) is 47.9. The number of benzene rings is 5. The summed E-state index contributed by atoms with van der Waals surface area (Å²) in [5.41, 5.74) is 19.6. The third-order valence-corrected chi connectivity index (χ3v) is 15.7. The van der Waals surface area contributed by atoms with Crippen LogP contribution in [-0.2, 0) is 36.8 Å². The number of carbonyl (C=O) groups is 6. The molecule has 2 aliphatic carbocycles. The normalized spacial score (nSPS) is 17.4. The smallest absolute Gasteiger partial charge is 0.407 e. The number of nitrogen functional groups attached to an aromatic ring is 1. The van der Waals surface area contributed by atoms with Crippen LogP contribution in [0.2, 0.25) is 0 Å². The van der Waals surface area contributed by atoms with Crippen molar-refractivity contribution in [3.63, 3.8) is 0 Å². The summed E-state index contributed by atoms with van der Waals surface area (Å²) in [4.78, 5) is 78.6. The van der Waals surface area contributed by atoms with Crippen molar-refractivity contribution in [2.24, 2.45) is 29.4 Å². The van der Waals surface area contributed by atoms with E-state index in [-0.39, 0.29) is 54.2 Å². The van der Waals surface area contributed by atoms with Crippen molar-refractivity contribution in [3.8, 4) is 33.9 Å². The summed E-state index contributed by atoms with van der Waals surface area (Å²) in [6.45, 7) is 8.36. The Hall–Kier alpha value is -9.06. The molecule has 85 heavy (non-hydrogen) atoms. The van der Waals surface area contributed by atoms with Crippen LogP contribution >= 0.6 is 15.9 Å². The van der Waals surface area contributed by atoms with Gasteiger partial charge in [0.25, 0.3) is 0 Å². The Bertz CT molecular complexity index is 3380. The van der Waals surface area contributed by atoms with Gasteiger partial charge in [-0.3, -0.25) is 24.1 Å². The van der Waals surface area contributed by atoms with Gasteiger partial charge in [0.15, 0.2) is 11.6 Å². The van der Waals surface area contributed by atoms with Gasteiger partial charge in [-0.1, -0.05) is 58.4 Å². The van der Waals surface area contributed by atoms with Gasteiger partial charge < -0.3 is 42.6 Å². The summed E-state index contributed by atoms with van der Waals surface area (Å²) in [7, 11) is 0. The lowest BCUT2D eigenvalue weighted by atomic mass is 9.81. The quantitative estimate of drug-likeness (QED) is 0.0342. The molecule has 5 aromatic carbocycles. The fourth-order valence-electron chi connectivity index (χ4n) is 10.7. The van der Waals surface area contributed by atoms with Crippen LogP contribution in [0.4, 0.5) is 26.7 Å². The molecular weight excluding hydrogens is 1150 g/mol. The van der Waals surface area contributed by atoms with Crippen molar-refractivity contribution >= 4 is 68.8 Å². The molecule has 6 amide bonds. The molecule has 2 saturated carbocycles. The highest BCUT2D eigenvalue weighted by Crippen LogP contribution is 2.34. The van der Waals surface area contributed by atoms with Crippen LogP contribution in [0.25, 0.3) is 33.9 Å². The zero-order chi connectivity index (χ0) is 60.6. The van der Waals surface area contributed by atoms with Crippen LogP contribution < -0.4 is 37.6 Å². The lowest BCUT2D eigenvalue weighted by molar-refractivity contribution is -0.130. The Morgan fingerprint density at radius 3 is 1.85 bits per heavy atom. The second-order valence-corrected chi connectivity index (χ2v) is 23.5. The lowest BCUT2D eigenvalue weighted by Gasteiger charge is -2.36. The minimum Gasteiger partial charge on any atom is -0.465 e. The van der Waals surface area contributed by atoms with Gasteiger partial charge in [0, 0.05) is 70.4 Å². The van der Waals surface area contributed by atoms with E-state index in [1.165, 1.54) is 0 Å². The van der Waals surface area contributed by atoms with Crippen LogP contribution in [0.3, 0.4) is 0 Å². The summed E-state index contributed by atoms with van der Waals surface area (Å²) < 4.78 is 6.21. The first-order valence-corrected chi connectivity index (χ1v) is 29.1. The van der Waals surface area contributed by atoms with Crippen molar-refractivity contribution in [2.45, 2.75) is 110 Å². The first-order valence-electron chi connectivity index (χ1n) is 28.3. The Morgan fingerprint density at radius 1 is 0.706 bits per heavy atom. The highest BCUT2D eigenvalue weighted by molar-refractivity contribution is 9.10. The summed E-state index contributed by atoms with van der Waals surface area (Å²) >= 11 is 3.48. The molecule has 0 bridgehead atoms. The molecule has 7 aromatic rings. The highest BCUT2D eigenvalue weighted by Gasteiger charge is 2.37. The van der Waals surface area contributed by atoms with Gasteiger partial charge in [-0.25, -0.2) is 19.8 Å². The lowest BCUT2D eigenvalue weighted by Crippen LogP contribution is -2.52. The topological polar surface area (TPSA) is 344 Å². The van der Waals surface area contributed by atoms with Crippen molar-refractivity contribution in [1.82, 2.24) is 57.2 Å². The number of hydrogen-bond donors (Lipinski definition) is 9. The average Bonchev–Trinajstić information content (AvgIpc) is 4.19. The number of anilines is 3. The number of aryl methyl sites for hydroxylation is 1. The summed E-state index contributed by atoms with van der Waals surface area (Å²) in [5.74, 6) is -0.328. The number of hydrogen-bond acceptors (Lipinski definition) is 14. The molecule has 9 rings (SSSR count). The van der Waals surface area contributed by atoms with E-state index in [0.29, 0.717) is 67.5 Å². The van der Waals surface area contributed by atoms with Crippen molar-refractivity contribution in [1.29, 1.82) is 0 Å².